The summed E-state index contributed by atoms with van der Waals surface area (Å²) < 4.78 is 80.3. The van der Waals surface area contributed by atoms with Crippen molar-refractivity contribution >= 4 is 27.8 Å². The maximum absolute atomic E-state index is 13.9. The molecule has 0 unspecified atom stereocenters. The molecule has 0 bridgehead atoms. The maximum Gasteiger partial charge on any atom is 0.416 e. The van der Waals surface area contributed by atoms with Gasteiger partial charge >= 0.3 is 12.4 Å². The highest BCUT2D eigenvalue weighted by atomic mass is 79.9. The molecule has 0 spiro atoms. The van der Waals surface area contributed by atoms with Crippen molar-refractivity contribution in [2.24, 2.45) is 4.99 Å². The quantitative estimate of drug-likeness (QED) is 0.484. The minimum Gasteiger partial charge on any atom is -0.260 e. The molecular formula is C17H10BrF6N. The molecule has 0 amide bonds. The fraction of sp³-hybridized carbons (Fsp3) is 0.235. The first kappa shape index (κ1) is 18.0. The number of hydrogen-bond donors (Lipinski definition) is 0. The number of aliphatic imine (C=N–C) groups is 1. The summed E-state index contributed by atoms with van der Waals surface area (Å²) in [5.41, 5.74) is -2.96. The monoisotopic (exact) mass is 421 g/mol. The number of alkyl halides is 6. The standard InChI is InChI=1S/C17H10BrF6N/c18-13-5-6-14-10(7-13)8-15(9-25-14,17(22,23)24)11-1-3-12(4-2-11)16(19,20)21/h1-7,9H,8H2/t15-/m0/s1. The van der Waals surface area contributed by atoms with Gasteiger partial charge in [-0.15, -0.1) is 0 Å². The molecule has 1 heterocycles. The van der Waals surface area contributed by atoms with E-state index in [0.29, 0.717) is 27.9 Å². The lowest BCUT2D eigenvalue weighted by Crippen LogP contribution is -2.47. The van der Waals surface area contributed by atoms with E-state index in [2.05, 4.69) is 20.9 Å². The lowest BCUT2D eigenvalue weighted by Gasteiger charge is -2.35. The number of nitrogens with zero attached hydrogens (tertiary/aromatic N) is 1. The summed E-state index contributed by atoms with van der Waals surface area (Å²) in [5, 5.41) is 0. The molecule has 1 nitrogen and oxygen atoms in total. The fourth-order valence-corrected chi connectivity index (χ4v) is 3.23. The summed E-state index contributed by atoms with van der Waals surface area (Å²) in [7, 11) is 0. The average molecular weight is 422 g/mol. The van der Waals surface area contributed by atoms with Crippen LogP contribution in [0.4, 0.5) is 32.0 Å². The Bertz CT molecular complexity index is 823. The predicted molar refractivity (Wildman–Crippen MR) is 85.2 cm³/mol. The number of rotatable bonds is 1. The first-order valence-electron chi connectivity index (χ1n) is 7.11. The summed E-state index contributed by atoms with van der Waals surface area (Å²) in [4.78, 5) is 3.91. The van der Waals surface area contributed by atoms with Crippen LogP contribution in [0.15, 0.2) is 51.9 Å². The van der Waals surface area contributed by atoms with E-state index in [1.807, 2.05) is 0 Å². The molecule has 0 aliphatic carbocycles. The highest BCUT2D eigenvalue weighted by Crippen LogP contribution is 2.47. The fourth-order valence-electron chi connectivity index (χ4n) is 2.82. The normalized spacial score (nSPS) is 20.4. The summed E-state index contributed by atoms with van der Waals surface area (Å²) in [6.45, 7) is 0. The van der Waals surface area contributed by atoms with Crippen molar-refractivity contribution in [1.29, 1.82) is 0 Å². The van der Waals surface area contributed by atoms with Crippen LogP contribution in [0.1, 0.15) is 16.7 Å². The Kier molecular flexibility index (Phi) is 4.21. The molecule has 132 valence electrons. The summed E-state index contributed by atoms with van der Waals surface area (Å²) in [5.74, 6) is 0. The zero-order valence-corrected chi connectivity index (χ0v) is 14.0. The minimum atomic E-state index is -4.71. The van der Waals surface area contributed by atoms with E-state index < -0.39 is 29.8 Å². The molecule has 2 aromatic rings. The van der Waals surface area contributed by atoms with E-state index in [-0.39, 0.29) is 5.56 Å². The predicted octanol–water partition coefficient (Wildman–Crippen LogP) is 6.23. The number of halogens is 7. The first-order chi connectivity index (χ1) is 11.5. The van der Waals surface area contributed by atoms with Crippen molar-refractivity contribution in [3.05, 3.63) is 63.6 Å². The molecule has 0 aromatic heterocycles. The van der Waals surface area contributed by atoms with E-state index in [1.54, 1.807) is 12.1 Å². The SMILES string of the molecule is FC(F)(F)c1ccc([C@@]2(C(F)(F)F)C=Nc3ccc(Br)cc3C2)cc1. The number of benzene rings is 2. The molecule has 0 fully saturated rings. The van der Waals surface area contributed by atoms with Crippen LogP contribution < -0.4 is 0 Å². The van der Waals surface area contributed by atoms with Crippen molar-refractivity contribution in [3.8, 4) is 0 Å². The van der Waals surface area contributed by atoms with Crippen LogP contribution in [-0.4, -0.2) is 12.4 Å². The summed E-state index contributed by atoms with van der Waals surface area (Å²) >= 11 is 3.21. The molecule has 0 radical (unpaired) electrons. The number of fused-ring (bicyclic) bond motifs is 1. The highest BCUT2D eigenvalue weighted by molar-refractivity contribution is 9.10. The van der Waals surface area contributed by atoms with Gasteiger partial charge in [-0.1, -0.05) is 28.1 Å². The van der Waals surface area contributed by atoms with E-state index in [9.17, 15) is 26.3 Å². The lowest BCUT2D eigenvalue weighted by atomic mass is 9.74. The van der Waals surface area contributed by atoms with Gasteiger partial charge in [-0.3, -0.25) is 4.99 Å². The molecule has 8 heteroatoms. The number of hydrogen-bond acceptors (Lipinski definition) is 1. The highest BCUT2D eigenvalue weighted by Gasteiger charge is 2.56. The Balaban J connectivity index is 2.11. The third kappa shape index (κ3) is 3.19. The largest absolute Gasteiger partial charge is 0.416 e. The molecule has 25 heavy (non-hydrogen) atoms. The van der Waals surface area contributed by atoms with Crippen molar-refractivity contribution in [3.63, 3.8) is 0 Å². The van der Waals surface area contributed by atoms with Crippen LogP contribution >= 0.6 is 15.9 Å². The third-order valence-corrected chi connectivity index (χ3v) is 4.66. The molecule has 1 aliphatic rings. The zero-order valence-electron chi connectivity index (χ0n) is 12.4. The maximum atomic E-state index is 13.9. The third-order valence-electron chi connectivity index (χ3n) is 4.17. The Morgan fingerprint density at radius 1 is 0.920 bits per heavy atom. The van der Waals surface area contributed by atoms with Crippen LogP contribution in [-0.2, 0) is 18.0 Å². The van der Waals surface area contributed by atoms with Gasteiger partial charge in [0, 0.05) is 10.7 Å². The van der Waals surface area contributed by atoms with Gasteiger partial charge in [0.2, 0.25) is 0 Å². The first-order valence-corrected chi connectivity index (χ1v) is 7.90. The van der Waals surface area contributed by atoms with E-state index >= 15 is 0 Å². The molecule has 0 saturated heterocycles. The van der Waals surface area contributed by atoms with Crippen LogP contribution in [0.3, 0.4) is 0 Å². The van der Waals surface area contributed by atoms with Crippen molar-refractivity contribution < 1.29 is 26.3 Å². The topological polar surface area (TPSA) is 12.4 Å². The van der Waals surface area contributed by atoms with Crippen molar-refractivity contribution in [2.45, 2.75) is 24.2 Å². The molecule has 2 aromatic carbocycles. The van der Waals surface area contributed by atoms with Gasteiger partial charge in [0.15, 0.2) is 0 Å². The van der Waals surface area contributed by atoms with Crippen LogP contribution in [0.5, 0.6) is 0 Å². The molecule has 0 N–H and O–H groups in total. The van der Waals surface area contributed by atoms with Gasteiger partial charge in [0.05, 0.1) is 11.3 Å². The second-order valence-corrected chi connectivity index (χ2v) is 6.67. The smallest absolute Gasteiger partial charge is 0.260 e. The average Bonchev–Trinajstić information content (AvgIpc) is 2.52. The van der Waals surface area contributed by atoms with Crippen LogP contribution in [0, 0.1) is 0 Å². The Labute approximate surface area is 147 Å². The van der Waals surface area contributed by atoms with Gasteiger partial charge in [-0.25, -0.2) is 0 Å². The van der Waals surface area contributed by atoms with Gasteiger partial charge in [0.25, 0.3) is 0 Å². The zero-order chi connectivity index (χ0) is 18.5. The molecule has 3 rings (SSSR count). The van der Waals surface area contributed by atoms with E-state index in [1.165, 1.54) is 6.07 Å². The van der Waals surface area contributed by atoms with E-state index in [4.69, 9.17) is 0 Å². The van der Waals surface area contributed by atoms with Gasteiger partial charge in [-0.2, -0.15) is 26.3 Å². The van der Waals surface area contributed by atoms with Crippen LogP contribution in [0.25, 0.3) is 0 Å². The van der Waals surface area contributed by atoms with E-state index in [0.717, 1.165) is 18.3 Å². The van der Waals surface area contributed by atoms with Crippen molar-refractivity contribution in [2.75, 3.05) is 0 Å². The molecule has 1 aliphatic heterocycles. The Morgan fingerprint density at radius 2 is 1.56 bits per heavy atom. The molecule has 0 saturated carbocycles. The summed E-state index contributed by atoms with van der Waals surface area (Å²) in [6, 6.07) is 7.84. The molecular weight excluding hydrogens is 412 g/mol. The van der Waals surface area contributed by atoms with Gasteiger partial charge in [-0.05, 0) is 47.9 Å². The second kappa shape index (κ2) is 5.86. The second-order valence-electron chi connectivity index (χ2n) is 5.75. The van der Waals surface area contributed by atoms with Crippen LogP contribution in [0.2, 0.25) is 0 Å². The Morgan fingerprint density at radius 3 is 2.12 bits per heavy atom. The van der Waals surface area contributed by atoms with Gasteiger partial charge < -0.3 is 0 Å². The Hall–Kier alpha value is -1.83. The minimum absolute atomic E-state index is 0.276. The lowest BCUT2D eigenvalue weighted by molar-refractivity contribution is -0.168. The summed E-state index contributed by atoms with van der Waals surface area (Å²) in [6.07, 6.45) is -8.97. The van der Waals surface area contributed by atoms with Gasteiger partial charge in [0.1, 0.15) is 5.41 Å². The van der Waals surface area contributed by atoms with Crippen molar-refractivity contribution in [1.82, 2.24) is 0 Å². The molecule has 1 atom stereocenters.